The normalized spacial score (nSPS) is 11.3. The Labute approximate surface area is 112 Å². The molecule has 1 unspecified atom stereocenters. The smallest absolute Gasteiger partial charge is 0.221 e. The number of amides is 1. The van der Waals surface area contributed by atoms with Crippen LogP contribution in [0.15, 0.2) is 18.2 Å². The highest BCUT2D eigenvalue weighted by atomic mass is 35.5. The molecule has 102 valence electrons. The fraction of sp³-hybridized carbons (Fsp3) is 0.417. The largest absolute Gasteiger partial charge is 0.494 e. The Morgan fingerprint density at radius 1 is 1.56 bits per heavy atom. The van der Waals surface area contributed by atoms with Crippen LogP contribution in [0.5, 0.6) is 5.75 Å². The van der Waals surface area contributed by atoms with E-state index in [0.717, 1.165) is 0 Å². The van der Waals surface area contributed by atoms with Gasteiger partial charge in [-0.25, -0.2) is 4.39 Å². The third kappa shape index (κ3) is 5.33. The summed E-state index contributed by atoms with van der Waals surface area (Å²) < 4.78 is 18.1. The van der Waals surface area contributed by atoms with Crippen molar-refractivity contribution in [2.75, 3.05) is 7.11 Å². The quantitative estimate of drug-likeness (QED) is 0.859. The minimum Gasteiger partial charge on any atom is -0.494 e. The Morgan fingerprint density at radius 2 is 2.22 bits per heavy atom. The SMILES string of the molecule is COc1ccc(CNC(=O)CC(C)N)cc1F.Cl. The summed E-state index contributed by atoms with van der Waals surface area (Å²) in [6.45, 7) is 2.04. The van der Waals surface area contributed by atoms with Gasteiger partial charge in [-0.3, -0.25) is 4.79 Å². The van der Waals surface area contributed by atoms with Gasteiger partial charge in [0.25, 0.3) is 0 Å². The highest BCUT2D eigenvalue weighted by molar-refractivity contribution is 5.85. The summed E-state index contributed by atoms with van der Waals surface area (Å²) in [5.74, 6) is -0.390. The molecule has 1 amide bonds. The van der Waals surface area contributed by atoms with Crippen molar-refractivity contribution in [3.63, 3.8) is 0 Å². The molecule has 4 nitrogen and oxygen atoms in total. The van der Waals surface area contributed by atoms with E-state index >= 15 is 0 Å². The molecule has 0 spiro atoms. The highest BCUT2D eigenvalue weighted by Gasteiger charge is 2.06. The number of ether oxygens (including phenoxy) is 1. The maximum atomic E-state index is 13.3. The van der Waals surface area contributed by atoms with E-state index in [-0.39, 0.29) is 43.1 Å². The molecule has 3 N–H and O–H groups in total. The Morgan fingerprint density at radius 3 is 2.72 bits per heavy atom. The number of nitrogens with two attached hydrogens (primary N) is 1. The van der Waals surface area contributed by atoms with Gasteiger partial charge in [-0.1, -0.05) is 6.07 Å². The fourth-order valence-corrected chi connectivity index (χ4v) is 1.39. The standard InChI is InChI=1S/C12H17FN2O2.ClH/c1-8(14)5-12(16)15-7-9-3-4-11(17-2)10(13)6-9;/h3-4,6,8H,5,7,14H2,1-2H3,(H,15,16);1H. The molecule has 0 fully saturated rings. The number of benzene rings is 1. The molecule has 0 aliphatic carbocycles. The summed E-state index contributed by atoms with van der Waals surface area (Å²) in [4.78, 5) is 11.3. The van der Waals surface area contributed by atoms with E-state index < -0.39 is 5.82 Å². The van der Waals surface area contributed by atoms with Crippen molar-refractivity contribution >= 4 is 18.3 Å². The van der Waals surface area contributed by atoms with Gasteiger partial charge in [-0.2, -0.15) is 0 Å². The lowest BCUT2D eigenvalue weighted by Crippen LogP contribution is -2.29. The van der Waals surface area contributed by atoms with Gasteiger partial charge >= 0.3 is 0 Å². The molecule has 0 aromatic heterocycles. The third-order valence-electron chi connectivity index (χ3n) is 2.21. The van der Waals surface area contributed by atoms with Crippen LogP contribution < -0.4 is 15.8 Å². The predicted octanol–water partition coefficient (Wildman–Crippen LogP) is 1.61. The van der Waals surface area contributed by atoms with Crippen molar-refractivity contribution in [3.05, 3.63) is 29.6 Å². The molecule has 0 aliphatic heterocycles. The van der Waals surface area contributed by atoms with Gasteiger partial charge < -0.3 is 15.8 Å². The lowest BCUT2D eigenvalue weighted by atomic mass is 10.2. The summed E-state index contributed by atoms with van der Waals surface area (Å²) in [6.07, 6.45) is 0.263. The number of hydrogen-bond donors (Lipinski definition) is 2. The lowest BCUT2D eigenvalue weighted by Gasteiger charge is -2.08. The van der Waals surface area contributed by atoms with Crippen LogP contribution in [0.4, 0.5) is 4.39 Å². The van der Waals surface area contributed by atoms with E-state index in [1.54, 1.807) is 13.0 Å². The maximum absolute atomic E-state index is 13.3. The Balaban J connectivity index is 0.00000289. The molecular formula is C12H18ClFN2O2. The molecule has 0 radical (unpaired) electrons. The van der Waals surface area contributed by atoms with Crippen LogP contribution in [-0.4, -0.2) is 19.1 Å². The molecular weight excluding hydrogens is 259 g/mol. The van der Waals surface area contributed by atoms with Crippen LogP contribution in [0.25, 0.3) is 0 Å². The minimum absolute atomic E-state index is 0. The number of rotatable bonds is 5. The van der Waals surface area contributed by atoms with Gasteiger partial charge in [0, 0.05) is 19.0 Å². The van der Waals surface area contributed by atoms with Crippen molar-refractivity contribution < 1.29 is 13.9 Å². The number of halogens is 2. The zero-order valence-corrected chi connectivity index (χ0v) is 11.2. The van der Waals surface area contributed by atoms with E-state index in [1.807, 2.05) is 0 Å². The van der Waals surface area contributed by atoms with Crippen LogP contribution in [0.2, 0.25) is 0 Å². The molecule has 6 heteroatoms. The van der Waals surface area contributed by atoms with Crippen molar-refractivity contribution in [1.82, 2.24) is 5.32 Å². The van der Waals surface area contributed by atoms with Crippen LogP contribution >= 0.6 is 12.4 Å². The van der Waals surface area contributed by atoms with Gasteiger partial charge in [-0.15, -0.1) is 12.4 Å². The molecule has 1 aromatic rings. The average Bonchev–Trinajstić information content (AvgIpc) is 2.25. The van der Waals surface area contributed by atoms with E-state index in [2.05, 4.69) is 5.32 Å². The zero-order chi connectivity index (χ0) is 12.8. The summed E-state index contributed by atoms with van der Waals surface area (Å²) in [7, 11) is 1.41. The van der Waals surface area contributed by atoms with Gasteiger partial charge in [0.2, 0.25) is 5.91 Å². The Bertz CT molecular complexity index is 400. The maximum Gasteiger partial charge on any atom is 0.221 e. The Hall–Kier alpha value is -1.33. The van der Waals surface area contributed by atoms with Crippen molar-refractivity contribution in [1.29, 1.82) is 0 Å². The Kier molecular flexibility index (Phi) is 7.31. The minimum atomic E-state index is -0.438. The number of methoxy groups -OCH3 is 1. The summed E-state index contributed by atoms with van der Waals surface area (Å²) in [6, 6.07) is 4.39. The van der Waals surface area contributed by atoms with Gasteiger partial charge in [-0.05, 0) is 24.6 Å². The van der Waals surface area contributed by atoms with E-state index in [0.29, 0.717) is 5.56 Å². The molecule has 18 heavy (non-hydrogen) atoms. The second-order valence-electron chi connectivity index (χ2n) is 3.93. The summed E-state index contributed by atoms with van der Waals surface area (Å²) in [5, 5.41) is 2.67. The second-order valence-corrected chi connectivity index (χ2v) is 3.93. The topological polar surface area (TPSA) is 64.3 Å². The second kappa shape index (κ2) is 7.89. The van der Waals surface area contributed by atoms with Gasteiger partial charge in [0.15, 0.2) is 11.6 Å². The molecule has 1 atom stereocenters. The summed E-state index contributed by atoms with van der Waals surface area (Å²) in [5.41, 5.74) is 6.17. The first-order chi connectivity index (χ1) is 8.02. The zero-order valence-electron chi connectivity index (χ0n) is 10.4. The van der Waals surface area contributed by atoms with Crippen LogP contribution in [0, 0.1) is 5.82 Å². The molecule has 0 saturated heterocycles. The van der Waals surface area contributed by atoms with E-state index in [1.165, 1.54) is 19.2 Å². The molecule has 0 heterocycles. The number of carbonyl (C=O) groups is 1. The first-order valence-electron chi connectivity index (χ1n) is 5.37. The monoisotopic (exact) mass is 276 g/mol. The lowest BCUT2D eigenvalue weighted by molar-refractivity contribution is -0.121. The van der Waals surface area contributed by atoms with Gasteiger partial charge in [0.1, 0.15) is 0 Å². The number of carbonyl (C=O) groups excluding carboxylic acids is 1. The molecule has 1 aromatic carbocycles. The van der Waals surface area contributed by atoms with E-state index in [9.17, 15) is 9.18 Å². The molecule has 1 rings (SSSR count). The van der Waals surface area contributed by atoms with Crippen molar-refractivity contribution in [3.8, 4) is 5.75 Å². The van der Waals surface area contributed by atoms with Crippen molar-refractivity contribution in [2.24, 2.45) is 5.73 Å². The third-order valence-corrected chi connectivity index (χ3v) is 2.21. The van der Waals surface area contributed by atoms with Crippen LogP contribution in [-0.2, 0) is 11.3 Å². The first kappa shape index (κ1) is 16.7. The molecule has 0 saturated carbocycles. The van der Waals surface area contributed by atoms with Crippen molar-refractivity contribution in [2.45, 2.75) is 25.9 Å². The van der Waals surface area contributed by atoms with Crippen LogP contribution in [0.1, 0.15) is 18.9 Å². The highest BCUT2D eigenvalue weighted by Crippen LogP contribution is 2.17. The van der Waals surface area contributed by atoms with E-state index in [4.69, 9.17) is 10.5 Å². The average molecular weight is 277 g/mol. The van der Waals surface area contributed by atoms with Crippen LogP contribution in [0.3, 0.4) is 0 Å². The predicted molar refractivity (Wildman–Crippen MR) is 70.3 cm³/mol. The molecule has 0 aliphatic rings. The summed E-state index contributed by atoms with van der Waals surface area (Å²) >= 11 is 0. The van der Waals surface area contributed by atoms with Gasteiger partial charge in [0.05, 0.1) is 7.11 Å². The first-order valence-corrected chi connectivity index (χ1v) is 5.37. The number of nitrogens with one attached hydrogen (secondary N) is 1. The fourth-order valence-electron chi connectivity index (χ4n) is 1.39. The molecule has 0 bridgehead atoms. The number of hydrogen-bond acceptors (Lipinski definition) is 3.